The van der Waals surface area contributed by atoms with Crippen LogP contribution in [-0.4, -0.2) is 52.9 Å². The van der Waals surface area contributed by atoms with E-state index in [2.05, 4.69) is 5.32 Å². The van der Waals surface area contributed by atoms with Gasteiger partial charge in [-0.2, -0.15) is 0 Å². The van der Waals surface area contributed by atoms with Crippen molar-refractivity contribution in [1.29, 1.82) is 0 Å². The van der Waals surface area contributed by atoms with E-state index in [1.807, 2.05) is 38.2 Å². The molecule has 1 atom stereocenters. The summed E-state index contributed by atoms with van der Waals surface area (Å²) in [6, 6.07) is 14.1. The smallest absolute Gasteiger partial charge is 0.279 e. The number of benzene rings is 2. The van der Waals surface area contributed by atoms with E-state index in [1.165, 1.54) is 26.2 Å². The molecule has 0 aliphatic rings. The summed E-state index contributed by atoms with van der Waals surface area (Å²) in [5.74, 6) is 0.650. The van der Waals surface area contributed by atoms with Crippen LogP contribution in [0.15, 0.2) is 53.4 Å². The van der Waals surface area contributed by atoms with E-state index in [0.29, 0.717) is 18.8 Å². The van der Waals surface area contributed by atoms with Gasteiger partial charge in [-0.25, -0.2) is 12.7 Å². The fraction of sp³-hybridized carbons (Fsp3) is 0.350. The van der Waals surface area contributed by atoms with Crippen molar-refractivity contribution in [3.63, 3.8) is 0 Å². The van der Waals surface area contributed by atoms with Gasteiger partial charge in [0.1, 0.15) is 12.3 Å². The van der Waals surface area contributed by atoms with Gasteiger partial charge in [0.05, 0.1) is 18.6 Å². The maximum atomic E-state index is 12.3. The summed E-state index contributed by atoms with van der Waals surface area (Å²) < 4.78 is 31.0. The molecule has 28 heavy (non-hydrogen) atoms. The summed E-state index contributed by atoms with van der Waals surface area (Å²) >= 11 is 0. The first-order chi connectivity index (χ1) is 13.2. The van der Waals surface area contributed by atoms with E-state index in [4.69, 9.17) is 4.74 Å². The first kappa shape index (κ1) is 21.9. The highest BCUT2D eigenvalue weighted by atomic mass is 32.2. The normalized spacial score (nSPS) is 12.6. The minimum Gasteiger partial charge on any atom is -0.494 e. The average Bonchev–Trinajstić information content (AvgIpc) is 2.63. The number of amides is 1. The summed E-state index contributed by atoms with van der Waals surface area (Å²) in [7, 11) is 1.34. The van der Waals surface area contributed by atoms with Crippen LogP contribution in [0.4, 0.5) is 5.69 Å². The third-order valence-corrected chi connectivity index (χ3v) is 5.91. The van der Waals surface area contributed by atoms with Gasteiger partial charge < -0.3 is 15.0 Å². The van der Waals surface area contributed by atoms with Gasteiger partial charge in [-0.05, 0) is 49.4 Å². The monoisotopic (exact) mass is 406 g/mol. The van der Waals surface area contributed by atoms with Crippen LogP contribution in [0.3, 0.4) is 0 Å². The van der Waals surface area contributed by atoms with Crippen molar-refractivity contribution >= 4 is 21.6 Å². The predicted molar refractivity (Wildman–Crippen MR) is 109 cm³/mol. The number of carbonyl (C=O) groups excluding carboxylic acids is 1. The number of hydrogen-bond acceptors (Lipinski definition) is 4. The molecular formula is C20H28N3O4S+. The Morgan fingerprint density at radius 2 is 1.82 bits per heavy atom. The van der Waals surface area contributed by atoms with Crippen LogP contribution in [0.25, 0.3) is 0 Å². The number of nitrogens with zero attached hydrogens (tertiary/aromatic N) is 1. The lowest BCUT2D eigenvalue weighted by Gasteiger charge is -2.15. The first-order valence-corrected chi connectivity index (χ1v) is 10.5. The second-order valence-electron chi connectivity index (χ2n) is 6.75. The Balaban J connectivity index is 1.94. The van der Waals surface area contributed by atoms with Crippen molar-refractivity contribution < 1.29 is 22.8 Å². The fourth-order valence-electron chi connectivity index (χ4n) is 2.71. The molecular weight excluding hydrogens is 378 g/mol. The molecule has 0 radical (unpaired) electrons. The number of nitrogens with one attached hydrogen (secondary N) is 2. The number of quaternary nitrogens is 1. The van der Waals surface area contributed by atoms with Gasteiger partial charge in [-0.1, -0.05) is 6.07 Å². The van der Waals surface area contributed by atoms with Crippen LogP contribution in [0.2, 0.25) is 0 Å². The molecule has 0 fully saturated rings. The van der Waals surface area contributed by atoms with Crippen LogP contribution in [0, 0.1) is 0 Å². The van der Waals surface area contributed by atoms with Crippen LogP contribution in [0.5, 0.6) is 5.75 Å². The molecule has 8 heteroatoms. The van der Waals surface area contributed by atoms with Crippen molar-refractivity contribution in [2.24, 2.45) is 0 Å². The number of likely N-dealkylation sites (N-methyl/N-ethyl adjacent to an activating group) is 1. The molecule has 1 unspecified atom stereocenters. The van der Waals surface area contributed by atoms with Crippen molar-refractivity contribution in [1.82, 2.24) is 4.31 Å². The minimum atomic E-state index is -3.54. The quantitative estimate of drug-likeness (QED) is 0.651. The van der Waals surface area contributed by atoms with Crippen LogP contribution in [0.1, 0.15) is 12.5 Å². The van der Waals surface area contributed by atoms with E-state index >= 15 is 0 Å². The van der Waals surface area contributed by atoms with Crippen molar-refractivity contribution in [2.45, 2.75) is 18.4 Å². The lowest BCUT2D eigenvalue weighted by atomic mass is 10.2. The minimum absolute atomic E-state index is 0.144. The Morgan fingerprint density at radius 3 is 2.43 bits per heavy atom. The number of carbonyl (C=O) groups is 1. The summed E-state index contributed by atoms with van der Waals surface area (Å²) in [6.45, 7) is 3.52. The second kappa shape index (κ2) is 9.68. The van der Waals surface area contributed by atoms with E-state index in [9.17, 15) is 13.2 Å². The van der Waals surface area contributed by atoms with E-state index in [-0.39, 0.29) is 17.3 Å². The summed E-state index contributed by atoms with van der Waals surface area (Å²) in [6.07, 6.45) is 0. The van der Waals surface area contributed by atoms with Gasteiger partial charge in [-0.3, -0.25) is 4.79 Å². The molecule has 0 saturated carbocycles. The molecule has 2 aromatic rings. The first-order valence-electron chi connectivity index (χ1n) is 9.08. The van der Waals surface area contributed by atoms with E-state index in [1.54, 1.807) is 12.1 Å². The summed E-state index contributed by atoms with van der Waals surface area (Å²) in [5, 5.41) is 2.77. The van der Waals surface area contributed by atoms with Gasteiger partial charge in [0.2, 0.25) is 10.0 Å². The Labute approximate surface area is 167 Å². The maximum Gasteiger partial charge on any atom is 0.279 e. The molecule has 0 aliphatic carbocycles. The second-order valence-corrected chi connectivity index (χ2v) is 8.90. The Morgan fingerprint density at radius 1 is 1.14 bits per heavy atom. The van der Waals surface area contributed by atoms with Crippen LogP contribution < -0.4 is 15.0 Å². The number of anilines is 1. The summed E-state index contributed by atoms with van der Waals surface area (Å²) in [5.41, 5.74) is 1.56. The van der Waals surface area contributed by atoms with Crippen molar-refractivity contribution in [3.05, 3.63) is 54.1 Å². The van der Waals surface area contributed by atoms with E-state index in [0.717, 1.165) is 20.5 Å². The molecule has 2 rings (SSSR count). The highest BCUT2D eigenvalue weighted by molar-refractivity contribution is 7.89. The Kier molecular flexibility index (Phi) is 7.56. The number of hydrogen-bond donors (Lipinski definition) is 2. The van der Waals surface area contributed by atoms with Crippen LogP contribution >= 0.6 is 0 Å². The number of ether oxygens (including phenoxy) is 1. The van der Waals surface area contributed by atoms with Crippen molar-refractivity contribution in [2.75, 3.05) is 39.6 Å². The molecule has 0 bridgehead atoms. The van der Waals surface area contributed by atoms with E-state index < -0.39 is 10.0 Å². The molecule has 2 N–H and O–H groups in total. The lowest BCUT2D eigenvalue weighted by molar-refractivity contribution is -0.885. The van der Waals surface area contributed by atoms with Gasteiger partial charge >= 0.3 is 0 Å². The molecule has 0 aliphatic heterocycles. The molecule has 152 valence electrons. The molecule has 1 amide bonds. The lowest BCUT2D eigenvalue weighted by Crippen LogP contribution is -3.08. The van der Waals surface area contributed by atoms with Gasteiger partial charge in [0, 0.05) is 25.3 Å². The topological polar surface area (TPSA) is 80.1 Å². The highest BCUT2D eigenvalue weighted by Gasteiger charge is 2.18. The van der Waals surface area contributed by atoms with Gasteiger partial charge in [-0.15, -0.1) is 0 Å². The largest absolute Gasteiger partial charge is 0.494 e. The Hall–Kier alpha value is -2.42. The average molecular weight is 407 g/mol. The maximum absolute atomic E-state index is 12.3. The number of rotatable bonds is 9. The SMILES string of the molecule is CCOc1ccc(C[NH+](C)CC(=O)Nc2cccc(S(=O)(=O)N(C)C)c2)cc1. The summed E-state index contributed by atoms with van der Waals surface area (Å²) in [4.78, 5) is 13.5. The Bertz CT molecular complexity index is 896. The molecule has 0 heterocycles. The molecule has 2 aromatic carbocycles. The van der Waals surface area contributed by atoms with Gasteiger partial charge in [0.25, 0.3) is 5.91 Å². The van der Waals surface area contributed by atoms with Gasteiger partial charge in [0.15, 0.2) is 6.54 Å². The van der Waals surface area contributed by atoms with Crippen molar-refractivity contribution in [3.8, 4) is 5.75 Å². The zero-order valence-electron chi connectivity index (χ0n) is 16.7. The van der Waals surface area contributed by atoms with Crippen LogP contribution in [-0.2, 0) is 21.4 Å². The zero-order valence-corrected chi connectivity index (χ0v) is 17.5. The highest BCUT2D eigenvalue weighted by Crippen LogP contribution is 2.17. The molecule has 0 spiro atoms. The third kappa shape index (κ3) is 6.05. The zero-order chi connectivity index (χ0) is 20.7. The number of sulfonamides is 1. The third-order valence-electron chi connectivity index (χ3n) is 4.10. The standard InChI is InChI=1S/C20H27N3O4S/c1-5-27-18-11-9-16(10-12-18)14-23(4)15-20(24)21-17-7-6-8-19(13-17)28(25,26)22(2)3/h6-13H,5,14-15H2,1-4H3,(H,21,24)/p+1. The molecule has 0 aromatic heterocycles. The predicted octanol–water partition coefficient (Wildman–Crippen LogP) is 0.989. The molecule has 7 nitrogen and oxygen atoms in total. The molecule has 0 saturated heterocycles. The fourth-order valence-corrected chi connectivity index (χ4v) is 3.65.